The molecule has 3 rings (SSSR count). The fourth-order valence-corrected chi connectivity index (χ4v) is 2.50. The molecule has 1 N–H and O–H groups in total. The Bertz CT molecular complexity index is 527. The molecule has 0 saturated carbocycles. The zero-order chi connectivity index (χ0) is 13.8. The summed E-state index contributed by atoms with van der Waals surface area (Å²) in [4.78, 5) is 0. The van der Waals surface area contributed by atoms with Gasteiger partial charge in [0.1, 0.15) is 0 Å². The van der Waals surface area contributed by atoms with Crippen LogP contribution in [0.25, 0.3) is 5.69 Å². The summed E-state index contributed by atoms with van der Waals surface area (Å²) in [5.74, 6) is 0. The fraction of sp³-hybridized carbons (Fsp3) is 0.438. The Labute approximate surface area is 119 Å². The topological polar surface area (TPSA) is 39.1 Å². The number of rotatable bonds is 4. The van der Waals surface area contributed by atoms with E-state index in [1.54, 1.807) is 6.20 Å². The number of nitrogens with zero attached hydrogens (tertiary/aromatic N) is 2. The summed E-state index contributed by atoms with van der Waals surface area (Å²) in [6.45, 7) is 4.91. The minimum atomic E-state index is 0.207. The molecule has 0 atom stereocenters. The smallest absolute Gasteiger partial charge is 0.0645 e. The first-order valence-electron chi connectivity index (χ1n) is 7.17. The molecule has 4 heteroatoms. The molecule has 1 aliphatic rings. The Balaban J connectivity index is 1.61. The first kappa shape index (κ1) is 13.3. The van der Waals surface area contributed by atoms with E-state index in [2.05, 4.69) is 41.6 Å². The molecule has 1 aromatic carbocycles. The lowest BCUT2D eigenvalue weighted by Crippen LogP contribution is -2.46. The average Bonchev–Trinajstić information content (AvgIpc) is 3.01. The molecule has 0 unspecified atom stereocenters. The van der Waals surface area contributed by atoms with Gasteiger partial charge in [-0.2, -0.15) is 5.10 Å². The summed E-state index contributed by atoms with van der Waals surface area (Å²) < 4.78 is 7.30. The van der Waals surface area contributed by atoms with Crippen LogP contribution in [0.5, 0.6) is 0 Å². The lowest BCUT2D eigenvalue weighted by molar-refractivity contribution is 0.0446. The summed E-state index contributed by atoms with van der Waals surface area (Å²) in [7, 11) is 0. The summed E-state index contributed by atoms with van der Waals surface area (Å²) in [5, 5.41) is 7.90. The van der Waals surface area contributed by atoms with E-state index in [0.717, 1.165) is 38.3 Å². The third-order valence-corrected chi connectivity index (χ3v) is 4.02. The van der Waals surface area contributed by atoms with Crippen molar-refractivity contribution in [2.45, 2.75) is 31.8 Å². The highest BCUT2D eigenvalue weighted by molar-refractivity contribution is 5.33. The van der Waals surface area contributed by atoms with Crippen molar-refractivity contribution < 1.29 is 4.74 Å². The second kappa shape index (κ2) is 5.77. The van der Waals surface area contributed by atoms with Gasteiger partial charge < -0.3 is 10.1 Å². The van der Waals surface area contributed by atoms with Gasteiger partial charge in [0.15, 0.2) is 0 Å². The summed E-state index contributed by atoms with van der Waals surface area (Å²) in [6, 6.07) is 10.5. The third-order valence-electron chi connectivity index (χ3n) is 4.02. The largest absolute Gasteiger partial charge is 0.381 e. The Morgan fingerprint density at radius 2 is 2.00 bits per heavy atom. The number of hydrogen-bond acceptors (Lipinski definition) is 3. The van der Waals surface area contributed by atoms with Crippen molar-refractivity contribution in [1.29, 1.82) is 0 Å². The van der Waals surface area contributed by atoms with Crippen molar-refractivity contribution in [3.05, 3.63) is 48.3 Å². The van der Waals surface area contributed by atoms with Crippen LogP contribution in [0.1, 0.15) is 25.3 Å². The van der Waals surface area contributed by atoms with Crippen LogP contribution in [-0.2, 0) is 11.3 Å². The van der Waals surface area contributed by atoms with E-state index in [0.29, 0.717) is 0 Å². The van der Waals surface area contributed by atoms with Crippen LogP contribution in [0, 0.1) is 0 Å². The second-order valence-corrected chi connectivity index (χ2v) is 5.64. The van der Waals surface area contributed by atoms with Gasteiger partial charge in [0.25, 0.3) is 0 Å². The van der Waals surface area contributed by atoms with Gasteiger partial charge in [0.05, 0.1) is 5.69 Å². The number of aromatic nitrogens is 2. The molecule has 0 amide bonds. The molecule has 106 valence electrons. The lowest BCUT2D eigenvalue weighted by Gasteiger charge is -2.34. The molecule has 0 aliphatic carbocycles. The van der Waals surface area contributed by atoms with Crippen LogP contribution in [0.2, 0.25) is 0 Å². The Morgan fingerprint density at radius 1 is 1.25 bits per heavy atom. The lowest BCUT2D eigenvalue weighted by atomic mass is 9.92. The van der Waals surface area contributed by atoms with Crippen LogP contribution in [-0.4, -0.2) is 28.5 Å². The van der Waals surface area contributed by atoms with Crippen molar-refractivity contribution in [2.24, 2.45) is 0 Å². The van der Waals surface area contributed by atoms with Gasteiger partial charge in [0, 0.05) is 37.7 Å². The van der Waals surface area contributed by atoms with Gasteiger partial charge in [-0.1, -0.05) is 12.1 Å². The number of benzene rings is 1. The average molecular weight is 271 g/mol. The van der Waals surface area contributed by atoms with Crippen molar-refractivity contribution in [1.82, 2.24) is 15.1 Å². The third kappa shape index (κ3) is 3.08. The van der Waals surface area contributed by atoms with Gasteiger partial charge >= 0.3 is 0 Å². The first-order chi connectivity index (χ1) is 9.75. The van der Waals surface area contributed by atoms with E-state index in [1.165, 1.54) is 5.56 Å². The molecule has 1 aliphatic heterocycles. The van der Waals surface area contributed by atoms with Gasteiger partial charge in [0.2, 0.25) is 0 Å². The van der Waals surface area contributed by atoms with Crippen LogP contribution >= 0.6 is 0 Å². The minimum absolute atomic E-state index is 0.207. The Kier molecular flexibility index (Phi) is 3.85. The van der Waals surface area contributed by atoms with Crippen molar-refractivity contribution >= 4 is 0 Å². The molecule has 2 heterocycles. The summed E-state index contributed by atoms with van der Waals surface area (Å²) in [6.07, 6.45) is 5.91. The minimum Gasteiger partial charge on any atom is -0.381 e. The fourth-order valence-electron chi connectivity index (χ4n) is 2.50. The molecular weight excluding hydrogens is 250 g/mol. The van der Waals surface area contributed by atoms with E-state index in [9.17, 15) is 0 Å². The predicted molar refractivity (Wildman–Crippen MR) is 78.9 cm³/mol. The molecule has 1 fully saturated rings. The maximum atomic E-state index is 5.42. The first-order valence-corrected chi connectivity index (χ1v) is 7.17. The van der Waals surface area contributed by atoms with E-state index in [1.807, 2.05) is 16.9 Å². The number of nitrogens with one attached hydrogen (secondary N) is 1. The van der Waals surface area contributed by atoms with Crippen LogP contribution in [0.4, 0.5) is 0 Å². The second-order valence-electron chi connectivity index (χ2n) is 5.64. The maximum absolute atomic E-state index is 5.42. The van der Waals surface area contributed by atoms with Crippen LogP contribution in [0.3, 0.4) is 0 Å². The zero-order valence-corrected chi connectivity index (χ0v) is 11.9. The van der Waals surface area contributed by atoms with Crippen molar-refractivity contribution in [2.75, 3.05) is 13.2 Å². The van der Waals surface area contributed by atoms with E-state index in [4.69, 9.17) is 4.74 Å². The predicted octanol–water partition coefficient (Wildman–Crippen LogP) is 2.53. The van der Waals surface area contributed by atoms with E-state index >= 15 is 0 Å². The number of ether oxygens (including phenoxy) is 1. The highest BCUT2D eigenvalue weighted by Gasteiger charge is 2.26. The summed E-state index contributed by atoms with van der Waals surface area (Å²) >= 11 is 0. The van der Waals surface area contributed by atoms with E-state index < -0.39 is 0 Å². The molecule has 1 aromatic heterocycles. The monoisotopic (exact) mass is 271 g/mol. The Morgan fingerprint density at radius 3 is 2.65 bits per heavy atom. The molecule has 0 spiro atoms. The normalized spacial score (nSPS) is 18.1. The van der Waals surface area contributed by atoms with Crippen LogP contribution < -0.4 is 5.32 Å². The van der Waals surface area contributed by atoms with E-state index in [-0.39, 0.29) is 5.54 Å². The molecule has 4 nitrogen and oxygen atoms in total. The van der Waals surface area contributed by atoms with Gasteiger partial charge in [-0.15, -0.1) is 0 Å². The Hall–Kier alpha value is -1.65. The van der Waals surface area contributed by atoms with Gasteiger partial charge in [-0.3, -0.25) is 0 Å². The highest BCUT2D eigenvalue weighted by Crippen LogP contribution is 2.20. The van der Waals surface area contributed by atoms with Gasteiger partial charge in [-0.25, -0.2) is 4.68 Å². The van der Waals surface area contributed by atoms with Crippen molar-refractivity contribution in [3.8, 4) is 5.69 Å². The highest BCUT2D eigenvalue weighted by atomic mass is 16.5. The van der Waals surface area contributed by atoms with Crippen molar-refractivity contribution in [3.63, 3.8) is 0 Å². The molecule has 0 radical (unpaired) electrons. The SMILES string of the molecule is CC1(NCc2ccc(-n3cccn3)cc2)CCOCC1. The molecule has 0 bridgehead atoms. The van der Waals surface area contributed by atoms with Crippen LogP contribution in [0.15, 0.2) is 42.7 Å². The number of hydrogen-bond donors (Lipinski definition) is 1. The van der Waals surface area contributed by atoms with Gasteiger partial charge in [-0.05, 0) is 43.5 Å². The molecule has 2 aromatic rings. The summed E-state index contributed by atoms with van der Waals surface area (Å²) in [5.41, 5.74) is 2.60. The molecule has 1 saturated heterocycles. The quantitative estimate of drug-likeness (QED) is 0.928. The molecule has 20 heavy (non-hydrogen) atoms. The standard InChI is InChI=1S/C16H21N3O/c1-16(7-11-20-12-8-16)17-13-14-3-5-15(6-4-14)19-10-2-9-18-19/h2-6,9-10,17H,7-8,11-13H2,1H3. The maximum Gasteiger partial charge on any atom is 0.0645 e. The zero-order valence-electron chi connectivity index (χ0n) is 11.9. The molecular formula is C16H21N3O.